The van der Waals surface area contributed by atoms with Crippen LogP contribution in [0.3, 0.4) is 0 Å². The summed E-state index contributed by atoms with van der Waals surface area (Å²) in [5.41, 5.74) is 10.6. The van der Waals surface area contributed by atoms with Crippen LogP contribution < -0.4 is 0 Å². The lowest BCUT2D eigenvalue weighted by molar-refractivity contribution is 1.19. The van der Waals surface area contributed by atoms with E-state index >= 15 is 0 Å². The smallest absolute Gasteiger partial charge is 0.179 e. The number of fused-ring (bicyclic) bond motifs is 2. The Morgan fingerprint density at radius 3 is 2.00 bits per heavy atom. The van der Waals surface area contributed by atoms with E-state index in [1.165, 1.54) is 0 Å². The molecule has 3 aromatic carbocycles. The molecule has 34 heavy (non-hydrogen) atoms. The first-order valence-corrected chi connectivity index (χ1v) is 11.2. The van der Waals surface area contributed by atoms with Gasteiger partial charge in [0.15, 0.2) is 5.65 Å². The lowest BCUT2D eigenvalue weighted by Crippen LogP contribution is -2.03. The fourth-order valence-corrected chi connectivity index (χ4v) is 4.39. The topological polar surface area (TPSA) is 64.5 Å². The van der Waals surface area contributed by atoms with E-state index in [-0.39, 0.29) is 0 Å². The molecule has 3 heterocycles. The van der Waals surface area contributed by atoms with Crippen molar-refractivity contribution in [1.29, 1.82) is 0 Å². The summed E-state index contributed by atoms with van der Waals surface area (Å²) in [5.74, 6) is 0. The average Bonchev–Trinajstić information content (AvgIpc) is 2.89. The Bertz CT molecular complexity index is 1660. The molecule has 0 bridgehead atoms. The Kier molecular flexibility index (Phi) is 4.81. The molecular weight excluding hydrogens is 418 g/mol. The minimum Gasteiger partial charge on any atom is -0.251 e. The quantitative estimate of drug-likeness (QED) is 0.311. The minimum absolute atomic E-state index is 0.597. The van der Waals surface area contributed by atoms with Gasteiger partial charge in [0, 0.05) is 23.5 Å². The Balaban J connectivity index is 1.76. The molecular formula is C29H21N5. The first kappa shape index (κ1) is 20.1. The van der Waals surface area contributed by atoms with Crippen molar-refractivity contribution >= 4 is 22.2 Å². The van der Waals surface area contributed by atoms with E-state index in [1.54, 1.807) is 12.4 Å². The summed E-state index contributed by atoms with van der Waals surface area (Å²) >= 11 is 0. The molecule has 0 saturated carbocycles. The standard InChI is InChI=1S/C29H21N5/c1-18-13-14-22-23(17-18)33-26(21-11-7-4-8-12-21)28(32-22)27-24(20-9-5-3-6-10-20)19(2)25-29(34-27)31-16-15-30-25/h3-17H,1-2H3. The largest absolute Gasteiger partial charge is 0.251 e. The second kappa shape index (κ2) is 8.12. The summed E-state index contributed by atoms with van der Waals surface area (Å²) in [4.78, 5) is 24.3. The molecule has 0 radical (unpaired) electrons. The number of hydrogen-bond donors (Lipinski definition) is 0. The van der Waals surface area contributed by atoms with Gasteiger partial charge in [0.2, 0.25) is 0 Å². The van der Waals surface area contributed by atoms with E-state index < -0.39 is 0 Å². The summed E-state index contributed by atoms with van der Waals surface area (Å²) in [5, 5.41) is 0. The van der Waals surface area contributed by atoms with Crippen molar-refractivity contribution in [2.75, 3.05) is 0 Å². The molecule has 5 nitrogen and oxygen atoms in total. The van der Waals surface area contributed by atoms with Crippen molar-refractivity contribution < 1.29 is 0 Å². The zero-order valence-electron chi connectivity index (χ0n) is 18.9. The van der Waals surface area contributed by atoms with E-state index in [9.17, 15) is 0 Å². The van der Waals surface area contributed by atoms with Gasteiger partial charge in [0.25, 0.3) is 0 Å². The van der Waals surface area contributed by atoms with Crippen molar-refractivity contribution in [1.82, 2.24) is 24.9 Å². The summed E-state index contributed by atoms with van der Waals surface area (Å²) in [7, 11) is 0. The number of aromatic nitrogens is 5. The van der Waals surface area contributed by atoms with Crippen LogP contribution in [-0.2, 0) is 0 Å². The highest BCUT2D eigenvalue weighted by molar-refractivity contribution is 5.96. The van der Waals surface area contributed by atoms with E-state index in [0.717, 1.165) is 61.4 Å². The van der Waals surface area contributed by atoms with Crippen LogP contribution in [0.5, 0.6) is 0 Å². The number of pyridine rings is 1. The Morgan fingerprint density at radius 1 is 0.559 bits per heavy atom. The number of rotatable bonds is 3. The normalized spacial score (nSPS) is 11.2. The Hall–Kier alpha value is -4.51. The number of nitrogens with zero attached hydrogens (tertiary/aromatic N) is 5. The van der Waals surface area contributed by atoms with E-state index in [0.29, 0.717) is 5.65 Å². The van der Waals surface area contributed by atoms with Crippen molar-refractivity contribution in [2.45, 2.75) is 13.8 Å². The third-order valence-electron chi connectivity index (χ3n) is 6.02. The fourth-order valence-electron chi connectivity index (χ4n) is 4.39. The van der Waals surface area contributed by atoms with Crippen molar-refractivity contribution in [3.63, 3.8) is 0 Å². The summed E-state index contributed by atoms with van der Waals surface area (Å²) in [6.07, 6.45) is 3.38. The van der Waals surface area contributed by atoms with E-state index in [1.807, 2.05) is 42.5 Å². The predicted octanol–water partition coefficient (Wildman–Crippen LogP) is 6.59. The lowest BCUT2D eigenvalue weighted by Gasteiger charge is -2.16. The number of hydrogen-bond acceptors (Lipinski definition) is 5. The van der Waals surface area contributed by atoms with Gasteiger partial charge in [-0.3, -0.25) is 4.98 Å². The predicted molar refractivity (Wildman–Crippen MR) is 136 cm³/mol. The average molecular weight is 440 g/mol. The van der Waals surface area contributed by atoms with E-state index in [2.05, 4.69) is 60.2 Å². The second-order valence-corrected chi connectivity index (χ2v) is 8.33. The van der Waals surface area contributed by atoms with Gasteiger partial charge in [-0.25, -0.2) is 19.9 Å². The van der Waals surface area contributed by atoms with Gasteiger partial charge in [-0.15, -0.1) is 0 Å². The lowest BCUT2D eigenvalue weighted by atomic mass is 9.94. The SMILES string of the molecule is Cc1ccc2nc(-c3nc4nccnc4c(C)c3-c3ccccc3)c(-c3ccccc3)nc2c1. The van der Waals surface area contributed by atoms with Gasteiger partial charge in [-0.1, -0.05) is 66.7 Å². The molecule has 3 aromatic heterocycles. The van der Waals surface area contributed by atoms with Gasteiger partial charge < -0.3 is 0 Å². The van der Waals surface area contributed by atoms with Gasteiger partial charge in [-0.05, 0) is 42.7 Å². The highest BCUT2D eigenvalue weighted by atomic mass is 14.9. The van der Waals surface area contributed by atoms with Crippen LogP contribution in [0.25, 0.3) is 56.0 Å². The summed E-state index contributed by atoms with van der Waals surface area (Å²) in [6, 6.07) is 26.6. The molecule has 0 N–H and O–H groups in total. The molecule has 0 spiro atoms. The van der Waals surface area contributed by atoms with Gasteiger partial charge in [0.05, 0.1) is 16.7 Å². The van der Waals surface area contributed by atoms with Crippen LogP contribution in [0.2, 0.25) is 0 Å². The molecule has 0 aliphatic heterocycles. The highest BCUT2D eigenvalue weighted by Gasteiger charge is 2.22. The Labute approximate surface area is 197 Å². The van der Waals surface area contributed by atoms with Gasteiger partial charge in [-0.2, -0.15) is 0 Å². The maximum absolute atomic E-state index is 5.12. The molecule has 6 aromatic rings. The molecule has 0 aliphatic carbocycles. The Morgan fingerprint density at radius 2 is 1.24 bits per heavy atom. The maximum Gasteiger partial charge on any atom is 0.179 e. The molecule has 0 atom stereocenters. The summed E-state index contributed by atoms with van der Waals surface area (Å²) in [6.45, 7) is 4.14. The molecule has 0 amide bonds. The highest BCUT2D eigenvalue weighted by Crippen LogP contribution is 2.39. The van der Waals surface area contributed by atoms with Crippen LogP contribution in [0.1, 0.15) is 11.1 Å². The zero-order valence-corrected chi connectivity index (χ0v) is 18.9. The maximum atomic E-state index is 5.12. The van der Waals surface area contributed by atoms with Crippen LogP contribution >= 0.6 is 0 Å². The minimum atomic E-state index is 0.597. The molecule has 6 rings (SSSR count). The number of aryl methyl sites for hydroxylation is 2. The summed E-state index contributed by atoms with van der Waals surface area (Å²) < 4.78 is 0. The fraction of sp³-hybridized carbons (Fsp3) is 0.0690. The first-order chi connectivity index (χ1) is 16.7. The molecule has 162 valence electrons. The van der Waals surface area contributed by atoms with Gasteiger partial charge >= 0.3 is 0 Å². The zero-order chi connectivity index (χ0) is 23.1. The van der Waals surface area contributed by atoms with Crippen molar-refractivity contribution in [3.05, 3.63) is 102 Å². The van der Waals surface area contributed by atoms with E-state index in [4.69, 9.17) is 15.0 Å². The monoisotopic (exact) mass is 439 g/mol. The van der Waals surface area contributed by atoms with Crippen molar-refractivity contribution in [3.8, 4) is 33.8 Å². The molecule has 0 fully saturated rings. The first-order valence-electron chi connectivity index (χ1n) is 11.2. The van der Waals surface area contributed by atoms with Crippen LogP contribution in [0.15, 0.2) is 91.3 Å². The molecule has 0 unspecified atom stereocenters. The van der Waals surface area contributed by atoms with Crippen molar-refractivity contribution in [2.24, 2.45) is 0 Å². The molecule has 0 saturated heterocycles. The second-order valence-electron chi connectivity index (χ2n) is 8.33. The van der Waals surface area contributed by atoms with Crippen LogP contribution in [0, 0.1) is 13.8 Å². The third kappa shape index (κ3) is 3.39. The molecule has 5 heteroatoms. The molecule has 0 aliphatic rings. The van der Waals surface area contributed by atoms with Crippen LogP contribution in [0.4, 0.5) is 0 Å². The third-order valence-corrected chi connectivity index (χ3v) is 6.02. The van der Waals surface area contributed by atoms with Crippen LogP contribution in [-0.4, -0.2) is 24.9 Å². The van der Waals surface area contributed by atoms with Gasteiger partial charge in [0.1, 0.15) is 16.9 Å². The number of benzene rings is 3.